The lowest BCUT2D eigenvalue weighted by Gasteiger charge is -2.03. The molecule has 4 N–H and O–H groups in total. The maximum atomic E-state index is 11.4. The molecule has 0 radical (unpaired) electrons. The average molecular weight is 430 g/mol. The van der Waals surface area contributed by atoms with Crippen molar-refractivity contribution in [1.82, 2.24) is 0 Å². The standard InChI is InChI=1S/C22H17N6O4/c23-17-1-3-21(22(13-17)28(31)32)26-11-7-16(8-12-26)15-5-9-25(10-6-15)20-4-2-18(27(29)30)14-19(20)24/h1-14,24H,23H2/q+1/p+1. The number of nitrogen functional groups attached to an aromatic ring is 2. The molecular weight excluding hydrogens is 412 g/mol. The van der Waals surface area contributed by atoms with Crippen molar-refractivity contribution in [3.8, 4) is 22.5 Å². The summed E-state index contributed by atoms with van der Waals surface area (Å²) in [5.74, 6) is 0. The van der Waals surface area contributed by atoms with Crippen molar-refractivity contribution in [2.24, 2.45) is 0 Å². The predicted octanol–water partition coefficient (Wildman–Crippen LogP) is 2.89. The molecule has 2 aromatic carbocycles. The summed E-state index contributed by atoms with van der Waals surface area (Å²) in [6, 6.07) is 16.3. The van der Waals surface area contributed by atoms with Gasteiger partial charge in [-0.25, -0.2) is 0 Å². The van der Waals surface area contributed by atoms with Crippen LogP contribution in [0.15, 0.2) is 85.5 Å². The Bertz CT molecular complexity index is 1340. The molecule has 4 rings (SSSR count). The van der Waals surface area contributed by atoms with Gasteiger partial charge >= 0.3 is 5.69 Å². The Morgan fingerprint density at radius 3 is 1.69 bits per heavy atom. The Morgan fingerprint density at radius 2 is 1.19 bits per heavy atom. The highest BCUT2D eigenvalue weighted by atomic mass is 16.6. The number of nitrogens with two attached hydrogens (primary N) is 2. The molecule has 0 spiro atoms. The Labute approximate surface area is 181 Å². The van der Waals surface area contributed by atoms with Crippen LogP contribution in [0.1, 0.15) is 0 Å². The summed E-state index contributed by atoms with van der Waals surface area (Å²) in [6.45, 7) is 0. The van der Waals surface area contributed by atoms with Crippen LogP contribution in [0.25, 0.3) is 22.5 Å². The number of hydrogen-bond donors (Lipinski definition) is 2. The number of hydrogen-bond acceptors (Lipinski definition) is 6. The summed E-state index contributed by atoms with van der Waals surface area (Å²) < 4.78 is 3.42. The summed E-state index contributed by atoms with van der Waals surface area (Å²) >= 11 is 0. The molecule has 0 aliphatic carbocycles. The van der Waals surface area contributed by atoms with Crippen LogP contribution in [0.5, 0.6) is 0 Å². The van der Waals surface area contributed by atoms with E-state index in [1.165, 1.54) is 18.2 Å². The first-order valence-corrected chi connectivity index (χ1v) is 9.45. The fourth-order valence-corrected chi connectivity index (χ4v) is 3.35. The minimum Gasteiger partial charge on any atom is -0.399 e. The van der Waals surface area contributed by atoms with E-state index in [9.17, 15) is 20.2 Å². The number of nitro groups is 2. The van der Waals surface area contributed by atoms with Gasteiger partial charge in [-0.1, -0.05) is 0 Å². The number of aromatic nitrogens is 2. The van der Waals surface area contributed by atoms with Crippen LogP contribution in [0.2, 0.25) is 0 Å². The first-order valence-electron chi connectivity index (χ1n) is 9.45. The van der Waals surface area contributed by atoms with Crippen LogP contribution in [0, 0.1) is 20.2 Å². The summed E-state index contributed by atoms with van der Waals surface area (Å²) in [6.07, 6.45) is 7.09. The van der Waals surface area contributed by atoms with Gasteiger partial charge < -0.3 is 11.5 Å². The van der Waals surface area contributed by atoms with Gasteiger partial charge in [0.1, 0.15) is 5.69 Å². The summed E-state index contributed by atoms with van der Waals surface area (Å²) in [5, 5.41) is 22.2. The lowest BCUT2D eigenvalue weighted by Crippen LogP contribution is -2.31. The number of nitrogens with zero attached hydrogens (tertiary/aromatic N) is 4. The van der Waals surface area contributed by atoms with E-state index in [4.69, 9.17) is 11.5 Å². The van der Waals surface area contributed by atoms with Gasteiger partial charge in [0, 0.05) is 60.3 Å². The number of non-ortho nitro benzene ring substituents is 1. The van der Waals surface area contributed by atoms with Crippen molar-refractivity contribution in [2.75, 3.05) is 11.5 Å². The van der Waals surface area contributed by atoms with E-state index in [0.29, 0.717) is 22.7 Å². The average Bonchev–Trinajstić information content (AvgIpc) is 2.79. The molecule has 32 heavy (non-hydrogen) atoms. The van der Waals surface area contributed by atoms with Crippen LogP contribution < -0.4 is 20.6 Å². The van der Waals surface area contributed by atoms with Gasteiger partial charge in [0.15, 0.2) is 24.8 Å². The van der Waals surface area contributed by atoms with Crippen molar-refractivity contribution in [2.45, 2.75) is 0 Å². The second-order valence-corrected chi connectivity index (χ2v) is 6.99. The lowest BCUT2D eigenvalue weighted by atomic mass is 10.1. The maximum absolute atomic E-state index is 11.4. The molecule has 0 aliphatic rings. The van der Waals surface area contributed by atoms with Crippen LogP contribution in [-0.2, 0) is 0 Å². The van der Waals surface area contributed by atoms with Crippen LogP contribution >= 0.6 is 0 Å². The van der Waals surface area contributed by atoms with Gasteiger partial charge in [-0.15, -0.1) is 0 Å². The second-order valence-electron chi connectivity index (χ2n) is 6.99. The topological polar surface area (TPSA) is 146 Å². The van der Waals surface area contributed by atoms with Crippen LogP contribution in [0.4, 0.5) is 22.7 Å². The zero-order valence-electron chi connectivity index (χ0n) is 16.7. The van der Waals surface area contributed by atoms with Gasteiger partial charge in [0.2, 0.25) is 5.69 Å². The molecule has 10 nitrogen and oxygen atoms in total. The quantitative estimate of drug-likeness (QED) is 0.215. The molecule has 0 saturated heterocycles. The number of rotatable bonds is 5. The molecular formula is C22H18N6O4+2. The van der Waals surface area contributed by atoms with Crippen molar-refractivity contribution >= 4 is 22.7 Å². The molecule has 0 saturated carbocycles. The van der Waals surface area contributed by atoms with E-state index in [2.05, 4.69) is 0 Å². The fraction of sp³-hybridized carbons (Fsp3) is 0. The van der Waals surface area contributed by atoms with E-state index in [1.54, 1.807) is 52.1 Å². The molecule has 158 valence electrons. The molecule has 10 heteroatoms. The molecule has 4 aromatic rings. The van der Waals surface area contributed by atoms with E-state index < -0.39 is 9.85 Å². The highest BCUT2D eigenvalue weighted by molar-refractivity contribution is 5.62. The van der Waals surface area contributed by atoms with Crippen molar-refractivity contribution in [3.05, 3.63) is 106 Å². The SMILES string of the molecule is Nc1ccc(-[n+]2ccc(-c3cc[n+](-c4ccc([N+](=O)[O-])cc4N)cc3)cc2)c([N+](=O)[O-])c1. The molecule has 0 bridgehead atoms. The first-order chi connectivity index (χ1) is 15.3. The summed E-state index contributed by atoms with van der Waals surface area (Å²) in [5.41, 5.74) is 15.0. The van der Waals surface area contributed by atoms with E-state index in [-0.39, 0.29) is 11.4 Å². The Morgan fingerprint density at radius 1 is 0.656 bits per heavy atom. The van der Waals surface area contributed by atoms with E-state index in [1.807, 2.05) is 24.3 Å². The van der Waals surface area contributed by atoms with Gasteiger partial charge in [-0.05, 0) is 17.2 Å². The molecule has 2 aromatic heterocycles. The maximum Gasteiger partial charge on any atom is 0.342 e. The Kier molecular flexibility index (Phi) is 5.17. The minimum absolute atomic E-state index is 0.0672. The van der Waals surface area contributed by atoms with Crippen molar-refractivity contribution in [3.63, 3.8) is 0 Å². The third kappa shape index (κ3) is 3.92. The zero-order chi connectivity index (χ0) is 22.8. The van der Waals surface area contributed by atoms with Crippen molar-refractivity contribution in [1.29, 1.82) is 0 Å². The van der Waals surface area contributed by atoms with E-state index in [0.717, 1.165) is 11.1 Å². The number of anilines is 2. The Hall–Kier alpha value is -4.86. The summed E-state index contributed by atoms with van der Waals surface area (Å²) in [7, 11) is 0. The molecule has 0 aliphatic heterocycles. The third-order valence-electron chi connectivity index (χ3n) is 4.97. The van der Waals surface area contributed by atoms with Gasteiger partial charge in [-0.3, -0.25) is 20.2 Å². The first kappa shape index (κ1) is 20.4. The van der Waals surface area contributed by atoms with Gasteiger partial charge in [-0.2, -0.15) is 9.13 Å². The largest absolute Gasteiger partial charge is 0.399 e. The second kappa shape index (κ2) is 8.11. The highest BCUT2D eigenvalue weighted by Crippen LogP contribution is 2.23. The smallest absolute Gasteiger partial charge is 0.342 e. The Balaban J connectivity index is 1.61. The fourth-order valence-electron chi connectivity index (χ4n) is 3.35. The highest BCUT2D eigenvalue weighted by Gasteiger charge is 2.22. The van der Waals surface area contributed by atoms with Crippen LogP contribution in [0.3, 0.4) is 0 Å². The monoisotopic (exact) mass is 430 g/mol. The molecule has 0 fully saturated rings. The van der Waals surface area contributed by atoms with Crippen LogP contribution in [-0.4, -0.2) is 9.85 Å². The molecule has 0 amide bonds. The number of nitro benzene ring substituents is 2. The van der Waals surface area contributed by atoms with E-state index >= 15 is 0 Å². The number of pyridine rings is 2. The molecule has 0 unspecified atom stereocenters. The minimum atomic E-state index is -0.491. The van der Waals surface area contributed by atoms with Gasteiger partial charge in [0.25, 0.3) is 11.4 Å². The molecule has 2 heterocycles. The predicted molar refractivity (Wildman–Crippen MR) is 117 cm³/mol. The summed E-state index contributed by atoms with van der Waals surface area (Å²) in [4.78, 5) is 21.3. The third-order valence-corrected chi connectivity index (χ3v) is 4.97. The zero-order valence-corrected chi connectivity index (χ0v) is 16.7. The van der Waals surface area contributed by atoms with Gasteiger partial charge in [0.05, 0.1) is 9.85 Å². The molecule has 0 atom stereocenters. The lowest BCUT2D eigenvalue weighted by molar-refractivity contribution is -0.600. The number of benzene rings is 2. The normalized spacial score (nSPS) is 10.6. The van der Waals surface area contributed by atoms with Crippen molar-refractivity contribution < 1.29 is 19.0 Å².